The third-order valence-electron chi connectivity index (χ3n) is 4.32. The summed E-state index contributed by atoms with van der Waals surface area (Å²) >= 11 is 0. The number of ether oxygens (including phenoxy) is 1. The van der Waals surface area contributed by atoms with Gasteiger partial charge in [-0.1, -0.05) is 24.3 Å². The quantitative estimate of drug-likeness (QED) is 0.938. The molecule has 0 bridgehead atoms. The molecule has 0 spiro atoms. The fourth-order valence-electron chi connectivity index (χ4n) is 3.18. The lowest BCUT2D eigenvalue weighted by Crippen LogP contribution is -2.33. The van der Waals surface area contributed by atoms with Crippen LogP contribution in [0.5, 0.6) is 5.75 Å². The van der Waals surface area contributed by atoms with Crippen molar-refractivity contribution >= 4 is 5.91 Å². The molecule has 2 aromatic carbocycles. The van der Waals surface area contributed by atoms with Crippen molar-refractivity contribution in [2.24, 2.45) is 0 Å². The predicted octanol–water partition coefficient (Wildman–Crippen LogP) is 2.71. The van der Waals surface area contributed by atoms with Gasteiger partial charge in [0.25, 0.3) is 0 Å². The minimum Gasteiger partial charge on any atom is -0.497 e. The Kier molecular flexibility index (Phi) is 4.81. The van der Waals surface area contributed by atoms with Crippen LogP contribution in [-0.2, 0) is 11.2 Å². The van der Waals surface area contributed by atoms with E-state index in [0.29, 0.717) is 17.7 Å². The Morgan fingerprint density at radius 2 is 2.08 bits per heavy atom. The minimum atomic E-state index is -0.558. The third kappa shape index (κ3) is 3.57. The minimum absolute atomic E-state index is 0.116. The van der Waals surface area contributed by atoms with E-state index in [1.807, 2.05) is 24.3 Å². The van der Waals surface area contributed by atoms with E-state index >= 15 is 0 Å². The van der Waals surface area contributed by atoms with Crippen LogP contribution < -0.4 is 4.74 Å². The molecule has 1 aliphatic heterocycles. The van der Waals surface area contributed by atoms with Crippen LogP contribution in [0.1, 0.15) is 23.6 Å². The van der Waals surface area contributed by atoms with Crippen LogP contribution in [0, 0.1) is 5.82 Å². The fraction of sp³-hybridized carbons (Fsp3) is 0.316. The van der Waals surface area contributed by atoms with Crippen molar-refractivity contribution in [3.05, 3.63) is 65.5 Å². The number of β-amino-alcohol motifs (C(OH)–C–C–N with tert-alkyl or cyclic N) is 1. The maximum Gasteiger partial charge on any atom is 0.227 e. The maximum absolute atomic E-state index is 13.3. The average molecular weight is 329 g/mol. The zero-order chi connectivity index (χ0) is 17.1. The van der Waals surface area contributed by atoms with Gasteiger partial charge in [-0.15, -0.1) is 0 Å². The Morgan fingerprint density at radius 3 is 2.83 bits per heavy atom. The van der Waals surface area contributed by atoms with Crippen molar-refractivity contribution in [3.63, 3.8) is 0 Å². The lowest BCUT2D eigenvalue weighted by atomic mass is 10.0. The van der Waals surface area contributed by atoms with Crippen molar-refractivity contribution < 1.29 is 19.0 Å². The second-order valence-electron chi connectivity index (χ2n) is 6.03. The topological polar surface area (TPSA) is 49.8 Å². The molecule has 1 N–H and O–H groups in total. The number of methoxy groups -OCH3 is 1. The van der Waals surface area contributed by atoms with E-state index in [9.17, 15) is 14.3 Å². The van der Waals surface area contributed by atoms with Crippen LogP contribution in [0.15, 0.2) is 48.5 Å². The number of aliphatic hydroxyl groups is 1. The summed E-state index contributed by atoms with van der Waals surface area (Å²) in [6.07, 6.45) is 0.0465. The molecule has 0 radical (unpaired) electrons. The average Bonchev–Trinajstić information content (AvgIpc) is 2.97. The summed E-state index contributed by atoms with van der Waals surface area (Å²) < 4.78 is 18.5. The first-order valence-electron chi connectivity index (χ1n) is 7.92. The van der Waals surface area contributed by atoms with E-state index in [2.05, 4.69) is 0 Å². The normalized spacial score (nSPS) is 20.2. The summed E-state index contributed by atoms with van der Waals surface area (Å²) in [4.78, 5) is 14.3. The maximum atomic E-state index is 13.3. The highest BCUT2D eigenvalue weighted by atomic mass is 19.1. The van der Waals surface area contributed by atoms with Crippen LogP contribution in [0.3, 0.4) is 0 Å². The number of benzene rings is 2. The number of rotatable bonds is 4. The van der Waals surface area contributed by atoms with Gasteiger partial charge in [0.05, 0.1) is 25.7 Å². The number of hydrogen-bond acceptors (Lipinski definition) is 3. The molecular formula is C19H20FNO3. The molecule has 3 rings (SSSR count). The van der Waals surface area contributed by atoms with Gasteiger partial charge in [-0.25, -0.2) is 4.39 Å². The van der Waals surface area contributed by atoms with E-state index in [-0.39, 0.29) is 30.7 Å². The second-order valence-corrected chi connectivity index (χ2v) is 6.03. The molecule has 126 valence electrons. The van der Waals surface area contributed by atoms with E-state index in [1.165, 1.54) is 12.1 Å². The van der Waals surface area contributed by atoms with Gasteiger partial charge in [0.15, 0.2) is 0 Å². The van der Waals surface area contributed by atoms with Crippen LogP contribution in [-0.4, -0.2) is 35.7 Å². The highest BCUT2D eigenvalue weighted by Gasteiger charge is 2.35. The lowest BCUT2D eigenvalue weighted by Gasteiger charge is -2.25. The van der Waals surface area contributed by atoms with Gasteiger partial charge < -0.3 is 14.7 Å². The molecule has 2 aromatic rings. The van der Waals surface area contributed by atoms with Gasteiger partial charge in [0.2, 0.25) is 5.91 Å². The summed E-state index contributed by atoms with van der Waals surface area (Å²) in [5.74, 6) is 0.238. The molecule has 0 aliphatic carbocycles. The van der Waals surface area contributed by atoms with E-state index in [0.717, 1.165) is 5.56 Å². The van der Waals surface area contributed by atoms with Crippen molar-refractivity contribution in [1.29, 1.82) is 0 Å². The summed E-state index contributed by atoms with van der Waals surface area (Å²) in [6, 6.07) is 13.4. The Morgan fingerprint density at radius 1 is 1.29 bits per heavy atom. The number of carbonyl (C=O) groups excluding carboxylic acids is 1. The SMILES string of the molecule is COc1cccc([C@H]2C[C@H](O)CN2C(=O)Cc2cccc(F)c2)c1. The zero-order valence-electron chi connectivity index (χ0n) is 13.5. The summed E-state index contributed by atoms with van der Waals surface area (Å²) in [7, 11) is 1.59. The zero-order valence-corrected chi connectivity index (χ0v) is 13.5. The Hall–Kier alpha value is -2.40. The van der Waals surface area contributed by atoms with Crippen LogP contribution >= 0.6 is 0 Å². The monoisotopic (exact) mass is 329 g/mol. The fourth-order valence-corrected chi connectivity index (χ4v) is 3.18. The van der Waals surface area contributed by atoms with Gasteiger partial charge in [0, 0.05) is 6.54 Å². The smallest absolute Gasteiger partial charge is 0.227 e. The molecule has 0 saturated carbocycles. The van der Waals surface area contributed by atoms with Gasteiger partial charge in [-0.2, -0.15) is 0 Å². The van der Waals surface area contributed by atoms with Crippen LogP contribution in [0.2, 0.25) is 0 Å². The molecular weight excluding hydrogens is 309 g/mol. The van der Waals surface area contributed by atoms with Crippen molar-refractivity contribution in [1.82, 2.24) is 4.90 Å². The number of likely N-dealkylation sites (tertiary alicyclic amines) is 1. The number of carbonyl (C=O) groups is 1. The number of nitrogens with zero attached hydrogens (tertiary/aromatic N) is 1. The summed E-state index contributed by atoms with van der Waals surface area (Å²) in [5, 5.41) is 10.0. The van der Waals surface area contributed by atoms with Gasteiger partial charge in [0.1, 0.15) is 11.6 Å². The first-order valence-corrected chi connectivity index (χ1v) is 7.92. The molecule has 4 nitrogen and oxygen atoms in total. The summed E-state index contributed by atoms with van der Waals surface area (Å²) in [5.41, 5.74) is 1.56. The van der Waals surface area contributed by atoms with Gasteiger partial charge in [-0.05, 0) is 41.8 Å². The van der Waals surface area contributed by atoms with E-state index in [1.54, 1.807) is 24.1 Å². The molecule has 1 aliphatic rings. The van der Waals surface area contributed by atoms with E-state index < -0.39 is 6.10 Å². The van der Waals surface area contributed by atoms with Crippen molar-refractivity contribution in [2.75, 3.05) is 13.7 Å². The first kappa shape index (κ1) is 16.5. The number of halogens is 1. The molecule has 0 aromatic heterocycles. The lowest BCUT2D eigenvalue weighted by molar-refractivity contribution is -0.131. The Bertz CT molecular complexity index is 734. The third-order valence-corrected chi connectivity index (χ3v) is 4.32. The molecule has 1 amide bonds. The molecule has 5 heteroatoms. The standard InChI is InChI=1S/C19H20FNO3/c1-24-17-7-3-5-14(10-17)18-11-16(22)12-21(18)19(23)9-13-4-2-6-15(20)8-13/h2-8,10,16,18,22H,9,11-12H2,1H3/t16-,18+/m0/s1. The highest BCUT2D eigenvalue weighted by Crippen LogP contribution is 2.34. The molecule has 1 heterocycles. The molecule has 1 fully saturated rings. The second kappa shape index (κ2) is 7.01. The first-order chi connectivity index (χ1) is 11.6. The molecule has 0 unspecified atom stereocenters. The van der Waals surface area contributed by atoms with Crippen molar-refractivity contribution in [2.45, 2.75) is 25.0 Å². The molecule has 2 atom stereocenters. The predicted molar refractivity (Wildman–Crippen MR) is 88.2 cm³/mol. The highest BCUT2D eigenvalue weighted by molar-refractivity contribution is 5.79. The number of amides is 1. The van der Waals surface area contributed by atoms with Crippen molar-refractivity contribution in [3.8, 4) is 5.75 Å². The van der Waals surface area contributed by atoms with Crippen LogP contribution in [0.4, 0.5) is 4.39 Å². The summed E-state index contributed by atoms with van der Waals surface area (Å²) in [6.45, 7) is 0.288. The van der Waals surface area contributed by atoms with Crippen LogP contribution in [0.25, 0.3) is 0 Å². The van der Waals surface area contributed by atoms with Gasteiger partial charge in [-0.3, -0.25) is 4.79 Å². The number of aliphatic hydroxyl groups excluding tert-OH is 1. The largest absolute Gasteiger partial charge is 0.497 e. The number of hydrogen-bond donors (Lipinski definition) is 1. The Balaban J connectivity index is 1.80. The van der Waals surface area contributed by atoms with Gasteiger partial charge >= 0.3 is 0 Å². The molecule has 1 saturated heterocycles. The molecule has 24 heavy (non-hydrogen) atoms. The van der Waals surface area contributed by atoms with E-state index in [4.69, 9.17) is 4.74 Å². The Labute approximate surface area is 140 Å².